The maximum atomic E-state index is 14.0. The number of carbonyl (C=O) groups excluding carboxylic acids is 11. The van der Waals surface area contributed by atoms with Crippen LogP contribution in [-0.2, 0) is 59.2 Å². The average molecular weight is 961 g/mol. The lowest BCUT2D eigenvalue weighted by Gasteiger charge is -2.32. The molecule has 68 heavy (non-hydrogen) atoms. The van der Waals surface area contributed by atoms with E-state index in [1.165, 1.54) is 38.2 Å². The summed E-state index contributed by atoms with van der Waals surface area (Å²) >= 11 is 0. The van der Waals surface area contributed by atoms with Gasteiger partial charge in [0.1, 0.15) is 35.5 Å². The summed E-state index contributed by atoms with van der Waals surface area (Å²) in [6.07, 6.45) is -0.948. The van der Waals surface area contributed by atoms with Crippen LogP contribution in [-0.4, -0.2) is 144 Å². The van der Waals surface area contributed by atoms with Crippen molar-refractivity contribution in [3.63, 3.8) is 0 Å². The first-order valence-corrected chi connectivity index (χ1v) is 22.5. The van der Waals surface area contributed by atoms with E-state index in [1.54, 1.807) is 20.8 Å². The number of nitrogens with one attached hydrogen (secondary N) is 8. The van der Waals surface area contributed by atoms with Crippen LogP contribution < -0.4 is 59.7 Å². The third-order valence-corrected chi connectivity index (χ3v) is 10.5. The van der Waals surface area contributed by atoms with Crippen LogP contribution in [0.5, 0.6) is 5.75 Å². The first kappa shape index (κ1) is 59.2. The number of aromatic hydroxyl groups is 1. The van der Waals surface area contributed by atoms with Crippen LogP contribution in [0, 0.1) is 11.8 Å². The highest BCUT2D eigenvalue weighted by atomic mass is 16.3. The SMILES string of the molecule is CCN[C@@H](CNC(=O)CCC(=O)N[C@@H](Cc1ccc(O)cc1)C(=O)NC(C(=O)N[C@@H](CCC(N)=O)C(=O)NCCC(N)=O)C(C)CC)C(=O)N(C)CC(=O)N[C@@](C)(CC(C)C)C(=O)NCC(N)=O. The number of benzene rings is 1. The van der Waals surface area contributed by atoms with E-state index in [9.17, 15) is 57.8 Å². The standard InChI is InChI=1S/C44H72N12O12/c1-8-26(5)38(41(66)53-29(14-15-32(45)58)39(64)49-19-18-33(46)59)54-40(65)30(20-27-10-12-28(57)13-11-27)52-36(62)17-16-35(61)50-22-31(48-9-2)42(67)56(7)24-37(63)55-44(6,21-25(3)4)43(68)51-23-34(47)60/h10-13,25-26,29-31,38,48,57H,8-9,14-24H2,1-7H3,(H2,45,58)(H2,46,59)(H2,47,60)(H,49,64)(H,50,61)(H,51,68)(H,52,62)(H,53,66)(H,54,65)(H,55,63)/t26?,29-,30-,31-,38?,44-/m0/s1. The number of rotatable bonds is 32. The molecule has 0 heterocycles. The Labute approximate surface area is 396 Å². The summed E-state index contributed by atoms with van der Waals surface area (Å²) in [6, 6.07) is 0.968. The van der Waals surface area contributed by atoms with Crippen LogP contribution in [0.3, 0.4) is 0 Å². The van der Waals surface area contributed by atoms with Gasteiger partial charge in [-0.05, 0) is 55.8 Å². The summed E-state index contributed by atoms with van der Waals surface area (Å²) in [5.41, 5.74) is 14.7. The van der Waals surface area contributed by atoms with Crippen molar-refractivity contribution in [1.82, 2.24) is 47.4 Å². The number of amides is 11. The minimum absolute atomic E-state index is 0.0421. The lowest BCUT2D eigenvalue weighted by Crippen LogP contribution is -2.60. The van der Waals surface area contributed by atoms with Crippen LogP contribution in [0.15, 0.2) is 24.3 Å². The summed E-state index contributed by atoms with van der Waals surface area (Å²) in [7, 11) is 1.37. The monoisotopic (exact) mass is 961 g/mol. The van der Waals surface area contributed by atoms with Crippen molar-refractivity contribution in [2.24, 2.45) is 29.0 Å². The van der Waals surface area contributed by atoms with Crippen molar-refractivity contribution in [2.45, 2.75) is 123 Å². The van der Waals surface area contributed by atoms with Gasteiger partial charge >= 0.3 is 0 Å². The molecule has 2 unspecified atom stereocenters. The van der Waals surface area contributed by atoms with Gasteiger partial charge in [-0.2, -0.15) is 0 Å². The van der Waals surface area contributed by atoms with E-state index in [2.05, 4.69) is 42.5 Å². The quantitative estimate of drug-likeness (QED) is 0.0335. The van der Waals surface area contributed by atoms with E-state index in [0.717, 1.165) is 4.90 Å². The maximum Gasteiger partial charge on any atom is 0.245 e. The van der Waals surface area contributed by atoms with Crippen LogP contribution in [0.25, 0.3) is 0 Å². The lowest BCUT2D eigenvalue weighted by molar-refractivity contribution is -0.139. The summed E-state index contributed by atoms with van der Waals surface area (Å²) < 4.78 is 0. The highest BCUT2D eigenvalue weighted by Gasteiger charge is 2.37. The topological polar surface area (TPSA) is 386 Å². The second kappa shape index (κ2) is 29.7. The Kier molecular flexibility index (Phi) is 25.9. The van der Waals surface area contributed by atoms with Crippen molar-refractivity contribution in [1.29, 1.82) is 0 Å². The predicted molar refractivity (Wildman–Crippen MR) is 248 cm³/mol. The van der Waals surface area contributed by atoms with Crippen molar-refractivity contribution in [2.75, 3.05) is 39.8 Å². The Morgan fingerprint density at radius 3 is 1.87 bits per heavy atom. The van der Waals surface area contributed by atoms with E-state index >= 15 is 0 Å². The van der Waals surface area contributed by atoms with E-state index in [4.69, 9.17) is 17.2 Å². The molecule has 0 aliphatic rings. The summed E-state index contributed by atoms with van der Waals surface area (Å²) in [6.45, 7) is 9.38. The highest BCUT2D eigenvalue weighted by Crippen LogP contribution is 2.18. The molecule has 0 fully saturated rings. The van der Waals surface area contributed by atoms with Gasteiger partial charge in [0, 0.05) is 52.2 Å². The normalized spacial score (nSPS) is 14.0. The fraction of sp³-hybridized carbons (Fsp3) is 0.614. The Morgan fingerprint density at radius 1 is 0.691 bits per heavy atom. The number of nitrogens with two attached hydrogens (primary N) is 3. The second-order valence-corrected chi connectivity index (χ2v) is 17.2. The van der Waals surface area contributed by atoms with Crippen LogP contribution in [0.4, 0.5) is 0 Å². The van der Waals surface area contributed by atoms with Gasteiger partial charge in [0.05, 0.1) is 13.1 Å². The molecule has 0 saturated heterocycles. The van der Waals surface area contributed by atoms with E-state index in [0.29, 0.717) is 18.5 Å². The summed E-state index contributed by atoms with van der Waals surface area (Å²) in [5.74, 6) is -8.30. The molecule has 380 valence electrons. The van der Waals surface area contributed by atoms with Crippen molar-refractivity contribution >= 4 is 65.0 Å². The molecule has 0 aliphatic heterocycles. The van der Waals surface area contributed by atoms with Crippen LogP contribution in [0.2, 0.25) is 0 Å². The largest absolute Gasteiger partial charge is 0.508 e. The summed E-state index contributed by atoms with van der Waals surface area (Å²) in [5, 5.41) is 30.7. The number of hydrogen-bond acceptors (Lipinski definition) is 13. The van der Waals surface area contributed by atoms with Gasteiger partial charge in [-0.1, -0.05) is 53.2 Å². The average Bonchev–Trinajstić information content (AvgIpc) is 3.25. The maximum absolute atomic E-state index is 14.0. The molecule has 6 atom stereocenters. The van der Waals surface area contributed by atoms with Crippen molar-refractivity contribution in [3.05, 3.63) is 29.8 Å². The minimum atomic E-state index is -1.43. The smallest absolute Gasteiger partial charge is 0.245 e. The third-order valence-electron chi connectivity index (χ3n) is 10.5. The molecule has 24 heteroatoms. The molecule has 1 aromatic rings. The van der Waals surface area contributed by atoms with Gasteiger partial charge in [-0.3, -0.25) is 52.7 Å². The molecule has 0 aliphatic carbocycles. The third kappa shape index (κ3) is 22.6. The van der Waals surface area contributed by atoms with E-state index < -0.39 is 120 Å². The number of hydrogen-bond donors (Lipinski definition) is 12. The molecule has 0 spiro atoms. The Bertz CT molecular complexity index is 1930. The molecular weight excluding hydrogens is 889 g/mol. The molecule has 15 N–H and O–H groups in total. The number of carbonyl (C=O) groups is 11. The Morgan fingerprint density at radius 2 is 1.31 bits per heavy atom. The Balaban J connectivity index is 3.10. The van der Waals surface area contributed by atoms with Gasteiger partial charge < -0.3 is 69.7 Å². The number of phenols is 1. The van der Waals surface area contributed by atoms with Gasteiger partial charge in [-0.15, -0.1) is 0 Å². The fourth-order valence-electron chi connectivity index (χ4n) is 6.86. The van der Waals surface area contributed by atoms with Crippen LogP contribution in [0.1, 0.15) is 92.1 Å². The Hall–Kier alpha value is -6.85. The molecule has 24 nitrogen and oxygen atoms in total. The number of phenolic OH excluding ortho intramolecular Hbond substituents is 1. The molecule has 0 saturated carbocycles. The van der Waals surface area contributed by atoms with E-state index in [-0.39, 0.29) is 63.3 Å². The first-order chi connectivity index (χ1) is 31.8. The predicted octanol–water partition coefficient (Wildman–Crippen LogP) is -3.45. The van der Waals surface area contributed by atoms with Crippen molar-refractivity contribution in [3.8, 4) is 5.75 Å². The first-order valence-electron chi connectivity index (χ1n) is 22.5. The number of nitrogens with zero attached hydrogens (tertiary/aromatic N) is 1. The second-order valence-electron chi connectivity index (χ2n) is 17.2. The van der Waals surface area contributed by atoms with Gasteiger partial charge in [0.25, 0.3) is 0 Å². The van der Waals surface area contributed by atoms with Gasteiger partial charge in [0.15, 0.2) is 0 Å². The molecule has 0 aromatic heterocycles. The summed E-state index contributed by atoms with van der Waals surface area (Å²) in [4.78, 5) is 142. The zero-order valence-electron chi connectivity index (χ0n) is 40.1. The molecular formula is C44H72N12O12. The zero-order valence-corrected chi connectivity index (χ0v) is 40.1. The highest BCUT2D eigenvalue weighted by molar-refractivity contribution is 5.96. The lowest BCUT2D eigenvalue weighted by atomic mass is 9.89. The van der Waals surface area contributed by atoms with E-state index in [1.807, 2.05) is 13.8 Å². The number of likely N-dealkylation sites (N-methyl/N-ethyl adjacent to an activating group) is 2. The molecule has 11 amide bonds. The fourth-order valence-corrected chi connectivity index (χ4v) is 6.86. The zero-order chi connectivity index (χ0) is 51.7. The molecule has 0 bridgehead atoms. The van der Waals surface area contributed by atoms with Crippen LogP contribution >= 0.6 is 0 Å². The minimum Gasteiger partial charge on any atom is -0.508 e. The van der Waals surface area contributed by atoms with Gasteiger partial charge in [-0.25, -0.2) is 0 Å². The van der Waals surface area contributed by atoms with Crippen molar-refractivity contribution < 1.29 is 57.8 Å². The number of primary amides is 3. The van der Waals surface area contributed by atoms with Gasteiger partial charge in [0.2, 0.25) is 65.0 Å². The molecule has 1 aromatic carbocycles. The molecule has 1 rings (SSSR count). The molecule has 0 radical (unpaired) electrons.